The van der Waals surface area contributed by atoms with Gasteiger partial charge in [-0.05, 0) is 26.0 Å². The zero-order valence-electron chi connectivity index (χ0n) is 19.1. The van der Waals surface area contributed by atoms with E-state index in [9.17, 15) is 9.50 Å². The lowest BCUT2D eigenvalue weighted by atomic mass is 10.1. The molecule has 9 nitrogen and oxygen atoms in total. The first-order valence-electron chi connectivity index (χ1n) is 10.2. The van der Waals surface area contributed by atoms with E-state index in [2.05, 4.69) is 15.1 Å². The molecule has 0 aliphatic carbocycles. The smallest absolute Gasteiger partial charge is 0.190 e. The molecule has 0 unspecified atom stereocenters. The molecule has 0 aliphatic rings. The summed E-state index contributed by atoms with van der Waals surface area (Å²) < 4.78 is 28.7. The SMILES string of the molecule is COc1cc(/N=c2\ccc3ncc(-c4cnn(C)c4)nc3n2CC(C)(C)O)c(F)c(OC)c1. The maximum atomic E-state index is 15.0. The number of nitrogens with zero attached hydrogens (tertiary/aromatic N) is 6. The number of fused-ring (bicyclic) bond motifs is 1. The Bertz CT molecular complexity index is 1390. The molecule has 1 N–H and O–H groups in total. The molecular weight excluding hydrogens is 427 g/mol. The number of methoxy groups -OCH3 is 2. The summed E-state index contributed by atoms with van der Waals surface area (Å²) in [6.07, 6.45) is 5.20. The number of benzene rings is 1. The van der Waals surface area contributed by atoms with Crippen LogP contribution in [0.25, 0.3) is 22.4 Å². The van der Waals surface area contributed by atoms with Crippen molar-refractivity contribution in [3.05, 3.63) is 54.2 Å². The second-order valence-corrected chi connectivity index (χ2v) is 8.23. The van der Waals surface area contributed by atoms with E-state index in [1.165, 1.54) is 26.4 Å². The van der Waals surface area contributed by atoms with Gasteiger partial charge in [-0.25, -0.2) is 14.4 Å². The molecule has 0 aliphatic heterocycles. The quantitative estimate of drug-likeness (QED) is 0.483. The van der Waals surface area contributed by atoms with Crippen LogP contribution in [0.2, 0.25) is 0 Å². The first kappa shape index (κ1) is 22.4. The highest BCUT2D eigenvalue weighted by atomic mass is 19.1. The minimum absolute atomic E-state index is 0.0154. The van der Waals surface area contributed by atoms with Gasteiger partial charge in [-0.15, -0.1) is 0 Å². The molecule has 0 atom stereocenters. The number of aliphatic hydroxyl groups is 1. The van der Waals surface area contributed by atoms with Crippen LogP contribution in [-0.2, 0) is 13.6 Å². The molecule has 1 aromatic carbocycles. The molecule has 10 heteroatoms. The van der Waals surface area contributed by atoms with Gasteiger partial charge in [0.1, 0.15) is 22.4 Å². The van der Waals surface area contributed by atoms with Gasteiger partial charge >= 0.3 is 0 Å². The van der Waals surface area contributed by atoms with E-state index in [0.717, 1.165) is 5.56 Å². The van der Waals surface area contributed by atoms with Gasteiger partial charge < -0.3 is 19.1 Å². The lowest BCUT2D eigenvalue weighted by Gasteiger charge is -2.21. The third-order valence-electron chi connectivity index (χ3n) is 4.93. The zero-order chi connectivity index (χ0) is 23.8. The third kappa shape index (κ3) is 4.70. The molecule has 3 heterocycles. The van der Waals surface area contributed by atoms with Crippen molar-refractivity contribution in [3.63, 3.8) is 0 Å². The topological polar surface area (TPSA) is 99.6 Å². The molecule has 172 valence electrons. The predicted octanol–water partition coefficient (Wildman–Crippen LogP) is 2.99. The minimum Gasteiger partial charge on any atom is -0.497 e. The van der Waals surface area contributed by atoms with E-state index in [1.54, 1.807) is 47.6 Å². The molecule has 0 spiro atoms. The average molecular weight is 452 g/mol. The van der Waals surface area contributed by atoms with Crippen LogP contribution in [0.1, 0.15) is 13.8 Å². The molecule has 0 bridgehead atoms. The fourth-order valence-electron chi connectivity index (χ4n) is 3.42. The van der Waals surface area contributed by atoms with Gasteiger partial charge in [-0.2, -0.15) is 5.10 Å². The van der Waals surface area contributed by atoms with E-state index < -0.39 is 11.4 Å². The van der Waals surface area contributed by atoms with Crippen LogP contribution in [-0.4, -0.2) is 49.2 Å². The summed E-state index contributed by atoms with van der Waals surface area (Å²) in [5.74, 6) is -0.203. The summed E-state index contributed by atoms with van der Waals surface area (Å²) in [5.41, 5.74) is 1.84. The van der Waals surface area contributed by atoms with Crippen molar-refractivity contribution in [3.8, 4) is 22.8 Å². The molecule has 0 radical (unpaired) electrons. The van der Waals surface area contributed by atoms with E-state index in [0.29, 0.717) is 28.1 Å². The van der Waals surface area contributed by atoms with Gasteiger partial charge in [-0.3, -0.25) is 9.67 Å². The highest BCUT2D eigenvalue weighted by molar-refractivity contribution is 5.73. The molecule has 0 saturated carbocycles. The van der Waals surface area contributed by atoms with Crippen molar-refractivity contribution in [2.24, 2.45) is 12.0 Å². The summed E-state index contributed by atoms with van der Waals surface area (Å²) in [4.78, 5) is 13.8. The fraction of sp³-hybridized carbons (Fsp3) is 0.304. The van der Waals surface area contributed by atoms with Crippen molar-refractivity contribution in [1.29, 1.82) is 0 Å². The second-order valence-electron chi connectivity index (χ2n) is 8.23. The molecule has 0 fully saturated rings. The Morgan fingerprint density at radius 1 is 1.15 bits per heavy atom. The Hall–Kier alpha value is -3.79. The van der Waals surface area contributed by atoms with Gasteiger partial charge in [0, 0.05) is 30.9 Å². The third-order valence-corrected chi connectivity index (χ3v) is 4.93. The largest absolute Gasteiger partial charge is 0.497 e. The number of aromatic nitrogens is 5. The number of halogens is 1. The zero-order valence-corrected chi connectivity index (χ0v) is 19.1. The van der Waals surface area contributed by atoms with Crippen molar-refractivity contribution in [2.45, 2.75) is 26.0 Å². The van der Waals surface area contributed by atoms with Gasteiger partial charge in [-0.1, -0.05) is 0 Å². The maximum absolute atomic E-state index is 15.0. The Labute approximate surface area is 189 Å². The van der Waals surface area contributed by atoms with E-state index >= 15 is 0 Å². The molecular formula is C23H25FN6O3. The molecule has 33 heavy (non-hydrogen) atoms. The van der Waals surface area contributed by atoms with Gasteiger partial charge in [0.05, 0.1) is 44.5 Å². The van der Waals surface area contributed by atoms with E-state index in [4.69, 9.17) is 14.5 Å². The monoisotopic (exact) mass is 452 g/mol. The standard InChI is InChI=1S/C23H25FN6O3/c1-23(2,31)13-30-20(27-17-8-15(32-4)9-19(33-5)21(17)24)7-6-16-22(30)28-18(11-25-16)14-10-26-29(3)12-14/h6-12,31H,13H2,1-5H3/b27-20+. The normalized spacial score (nSPS) is 12.4. The molecule has 0 amide bonds. The summed E-state index contributed by atoms with van der Waals surface area (Å²) in [6.45, 7) is 3.50. The van der Waals surface area contributed by atoms with Crippen LogP contribution in [0.5, 0.6) is 11.5 Å². The number of rotatable bonds is 6. The Kier molecular flexibility index (Phi) is 5.86. The van der Waals surface area contributed by atoms with Crippen molar-refractivity contribution < 1.29 is 19.0 Å². The van der Waals surface area contributed by atoms with Crippen LogP contribution in [0.3, 0.4) is 0 Å². The number of hydrogen-bond donors (Lipinski definition) is 1. The predicted molar refractivity (Wildman–Crippen MR) is 121 cm³/mol. The summed E-state index contributed by atoms with van der Waals surface area (Å²) in [6, 6.07) is 6.39. The maximum Gasteiger partial charge on any atom is 0.190 e. The first-order valence-corrected chi connectivity index (χ1v) is 10.2. The number of hydrogen-bond acceptors (Lipinski definition) is 7. The summed E-state index contributed by atoms with van der Waals surface area (Å²) >= 11 is 0. The fourth-order valence-corrected chi connectivity index (χ4v) is 3.42. The summed E-state index contributed by atoms with van der Waals surface area (Å²) in [7, 11) is 4.68. The Morgan fingerprint density at radius 3 is 2.58 bits per heavy atom. The van der Waals surface area contributed by atoms with Crippen LogP contribution in [0, 0.1) is 5.82 Å². The highest BCUT2D eigenvalue weighted by Crippen LogP contribution is 2.32. The van der Waals surface area contributed by atoms with Gasteiger partial charge in [0.25, 0.3) is 0 Å². The van der Waals surface area contributed by atoms with Crippen molar-refractivity contribution in [1.82, 2.24) is 24.3 Å². The molecule has 4 aromatic rings. The summed E-state index contributed by atoms with van der Waals surface area (Å²) in [5, 5.41) is 14.8. The van der Waals surface area contributed by atoms with Crippen molar-refractivity contribution >= 4 is 16.9 Å². The van der Waals surface area contributed by atoms with Crippen LogP contribution in [0.4, 0.5) is 10.1 Å². The lowest BCUT2D eigenvalue weighted by Crippen LogP contribution is -2.33. The molecule has 4 rings (SSSR count). The average Bonchev–Trinajstić information content (AvgIpc) is 3.21. The van der Waals surface area contributed by atoms with Crippen LogP contribution < -0.4 is 15.0 Å². The lowest BCUT2D eigenvalue weighted by molar-refractivity contribution is 0.0614. The minimum atomic E-state index is -1.10. The number of aryl methyl sites for hydroxylation is 1. The van der Waals surface area contributed by atoms with Crippen LogP contribution in [0.15, 0.2) is 47.8 Å². The van der Waals surface area contributed by atoms with Crippen LogP contribution >= 0.6 is 0 Å². The Morgan fingerprint density at radius 2 is 1.94 bits per heavy atom. The van der Waals surface area contributed by atoms with Crippen molar-refractivity contribution in [2.75, 3.05) is 14.2 Å². The number of ether oxygens (including phenoxy) is 2. The van der Waals surface area contributed by atoms with Gasteiger partial charge in [0.15, 0.2) is 17.2 Å². The molecule has 3 aromatic heterocycles. The van der Waals surface area contributed by atoms with E-state index in [-0.39, 0.29) is 18.0 Å². The molecule has 0 saturated heterocycles. The number of pyridine rings is 1. The second kappa shape index (κ2) is 8.62. The van der Waals surface area contributed by atoms with E-state index in [1.807, 2.05) is 13.2 Å². The highest BCUT2D eigenvalue weighted by Gasteiger charge is 2.18. The first-order chi connectivity index (χ1) is 15.7. The van der Waals surface area contributed by atoms with Gasteiger partial charge in [0.2, 0.25) is 0 Å². The Balaban J connectivity index is 1.99.